The van der Waals surface area contributed by atoms with E-state index in [1.54, 1.807) is 0 Å². The van der Waals surface area contributed by atoms with Crippen LogP contribution in [0.25, 0.3) is 88.5 Å². The summed E-state index contributed by atoms with van der Waals surface area (Å²) >= 11 is 0. The van der Waals surface area contributed by atoms with E-state index in [2.05, 4.69) is 152 Å². The Morgan fingerprint density at radius 2 is 0.860 bits per heavy atom. The molecular formula is C47H29N3. The van der Waals surface area contributed by atoms with Gasteiger partial charge in [0.05, 0.1) is 22.8 Å². The van der Waals surface area contributed by atoms with Crippen LogP contribution in [0, 0.1) is 11.3 Å². The van der Waals surface area contributed by atoms with Crippen LogP contribution in [0.15, 0.2) is 176 Å². The molecule has 1 heterocycles. The summed E-state index contributed by atoms with van der Waals surface area (Å²) in [6.07, 6.45) is 0. The molecule has 50 heavy (non-hydrogen) atoms. The Morgan fingerprint density at radius 3 is 1.50 bits per heavy atom. The first-order valence-electron chi connectivity index (χ1n) is 16.7. The first-order valence-corrected chi connectivity index (χ1v) is 16.7. The summed E-state index contributed by atoms with van der Waals surface area (Å²) in [5, 5.41) is 15.0. The standard InChI is InChI=1S/C47H29N3/c48-30-31-16-18-32(19-17-31)33-20-22-35(23-21-33)39-28-29-40(42-12-4-3-11-41(39)42)36-24-26-37(27-25-36)47-49-45-15-6-5-13-44(45)46(50-47)43-14-7-9-34-8-1-2-10-38(34)43/h1-29H. The average molecular weight is 636 g/mol. The van der Waals surface area contributed by atoms with Gasteiger partial charge < -0.3 is 0 Å². The molecule has 0 N–H and O–H groups in total. The molecule has 232 valence electrons. The van der Waals surface area contributed by atoms with Crippen LogP contribution in [0.1, 0.15) is 5.56 Å². The Kier molecular flexibility index (Phi) is 7.19. The molecule has 3 heteroatoms. The summed E-state index contributed by atoms with van der Waals surface area (Å²) in [6, 6.07) is 63.4. The van der Waals surface area contributed by atoms with Gasteiger partial charge in [-0.25, -0.2) is 9.97 Å². The topological polar surface area (TPSA) is 49.6 Å². The molecule has 0 amide bonds. The summed E-state index contributed by atoms with van der Waals surface area (Å²) in [5.41, 5.74) is 11.5. The fourth-order valence-corrected chi connectivity index (χ4v) is 7.02. The molecule has 9 rings (SSSR count). The van der Waals surface area contributed by atoms with E-state index >= 15 is 0 Å². The van der Waals surface area contributed by atoms with Crippen molar-refractivity contribution in [2.45, 2.75) is 0 Å². The lowest BCUT2D eigenvalue weighted by Gasteiger charge is -2.14. The van der Waals surface area contributed by atoms with Gasteiger partial charge >= 0.3 is 0 Å². The van der Waals surface area contributed by atoms with E-state index in [1.165, 1.54) is 32.7 Å². The predicted molar refractivity (Wildman–Crippen MR) is 206 cm³/mol. The summed E-state index contributed by atoms with van der Waals surface area (Å²) in [4.78, 5) is 10.2. The van der Waals surface area contributed by atoms with E-state index < -0.39 is 0 Å². The molecule has 0 aliphatic heterocycles. The van der Waals surface area contributed by atoms with Gasteiger partial charge in [-0.15, -0.1) is 0 Å². The third-order valence-corrected chi connectivity index (χ3v) is 9.57. The molecular weight excluding hydrogens is 607 g/mol. The third kappa shape index (κ3) is 5.17. The maximum Gasteiger partial charge on any atom is 0.160 e. The zero-order chi connectivity index (χ0) is 33.4. The van der Waals surface area contributed by atoms with E-state index in [1.807, 2.05) is 30.3 Å². The normalized spacial score (nSPS) is 11.2. The van der Waals surface area contributed by atoms with Crippen LogP contribution in [0.3, 0.4) is 0 Å². The van der Waals surface area contributed by atoms with Crippen molar-refractivity contribution in [3.63, 3.8) is 0 Å². The van der Waals surface area contributed by atoms with Gasteiger partial charge in [0.2, 0.25) is 0 Å². The van der Waals surface area contributed by atoms with Crippen molar-refractivity contribution in [1.82, 2.24) is 9.97 Å². The Labute approximate surface area is 290 Å². The highest BCUT2D eigenvalue weighted by molar-refractivity contribution is 6.06. The van der Waals surface area contributed by atoms with Gasteiger partial charge in [-0.3, -0.25) is 0 Å². The van der Waals surface area contributed by atoms with Crippen LogP contribution in [0.4, 0.5) is 0 Å². The first-order chi connectivity index (χ1) is 24.7. The molecule has 0 saturated carbocycles. The molecule has 0 unspecified atom stereocenters. The summed E-state index contributed by atoms with van der Waals surface area (Å²) in [6.45, 7) is 0. The highest BCUT2D eigenvalue weighted by Crippen LogP contribution is 2.38. The van der Waals surface area contributed by atoms with Crippen molar-refractivity contribution in [2.75, 3.05) is 0 Å². The molecule has 8 aromatic carbocycles. The lowest BCUT2D eigenvalue weighted by atomic mass is 9.91. The van der Waals surface area contributed by atoms with Gasteiger partial charge in [0.25, 0.3) is 0 Å². The number of nitriles is 1. The van der Waals surface area contributed by atoms with Crippen molar-refractivity contribution in [3.8, 4) is 62.1 Å². The molecule has 0 saturated heterocycles. The number of hydrogen-bond donors (Lipinski definition) is 0. The van der Waals surface area contributed by atoms with Gasteiger partial charge in [-0.05, 0) is 73.1 Å². The lowest BCUT2D eigenvalue weighted by molar-refractivity contribution is 1.23. The second-order valence-electron chi connectivity index (χ2n) is 12.5. The minimum Gasteiger partial charge on any atom is -0.228 e. The molecule has 0 radical (unpaired) electrons. The Hall–Kier alpha value is -6.89. The molecule has 0 spiro atoms. The maximum atomic E-state index is 9.15. The van der Waals surface area contributed by atoms with E-state index in [9.17, 15) is 0 Å². The second kappa shape index (κ2) is 12.3. The fourth-order valence-electron chi connectivity index (χ4n) is 7.02. The predicted octanol–water partition coefficient (Wildman–Crippen LogP) is 12.1. The number of benzene rings is 8. The smallest absolute Gasteiger partial charge is 0.160 e. The summed E-state index contributed by atoms with van der Waals surface area (Å²) in [5.74, 6) is 0.711. The molecule has 0 fully saturated rings. The highest BCUT2D eigenvalue weighted by Gasteiger charge is 2.15. The highest BCUT2D eigenvalue weighted by atomic mass is 14.9. The Balaban J connectivity index is 1.08. The second-order valence-corrected chi connectivity index (χ2v) is 12.5. The number of hydrogen-bond acceptors (Lipinski definition) is 3. The lowest BCUT2D eigenvalue weighted by Crippen LogP contribution is -1.96. The molecule has 0 atom stereocenters. The quantitative estimate of drug-likeness (QED) is 0.189. The van der Waals surface area contributed by atoms with Crippen LogP contribution < -0.4 is 0 Å². The van der Waals surface area contributed by atoms with Crippen LogP contribution in [0.5, 0.6) is 0 Å². The zero-order valence-corrected chi connectivity index (χ0v) is 27.1. The molecule has 0 aliphatic rings. The average Bonchev–Trinajstić information content (AvgIpc) is 3.20. The molecule has 0 bridgehead atoms. The van der Waals surface area contributed by atoms with Crippen molar-refractivity contribution >= 4 is 32.4 Å². The van der Waals surface area contributed by atoms with Gasteiger partial charge in [0.15, 0.2) is 5.82 Å². The Morgan fingerprint density at radius 1 is 0.360 bits per heavy atom. The fraction of sp³-hybridized carbons (Fsp3) is 0. The van der Waals surface area contributed by atoms with Crippen molar-refractivity contribution in [3.05, 3.63) is 181 Å². The Bertz CT molecular complexity index is 2730. The van der Waals surface area contributed by atoms with Gasteiger partial charge in [-0.2, -0.15) is 5.26 Å². The number of nitrogens with zero attached hydrogens (tertiary/aromatic N) is 3. The van der Waals surface area contributed by atoms with Gasteiger partial charge in [0, 0.05) is 16.5 Å². The maximum absolute atomic E-state index is 9.15. The molecule has 9 aromatic rings. The van der Waals surface area contributed by atoms with Gasteiger partial charge in [0.1, 0.15) is 0 Å². The van der Waals surface area contributed by atoms with E-state index in [0.717, 1.165) is 50.0 Å². The molecule has 0 aliphatic carbocycles. The van der Waals surface area contributed by atoms with Gasteiger partial charge in [-0.1, -0.05) is 158 Å². The SMILES string of the molecule is N#Cc1ccc(-c2ccc(-c3ccc(-c4ccc(-c5nc(-c6cccc7ccccc67)c6ccccc6n5)cc4)c4ccccc34)cc2)cc1. The van der Waals surface area contributed by atoms with Crippen LogP contribution in [0.2, 0.25) is 0 Å². The first kappa shape index (κ1) is 29.3. The van der Waals surface area contributed by atoms with Crippen LogP contribution in [-0.4, -0.2) is 9.97 Å². The van der Waals surface area contributed by atoms with Crippen LogP contribution in [-0.2, 0) is 0 Å². The third-order valence-electron chi connectivity index (χ3n) is 9.57. The largest absolute Gasteiger partial charge is 0.228 e. The van der Waals surface area contributed by atoms with Crippen molar-refractivity contribution in [2.24, 2.45) is 0 Å². The minimum absolute atomic E-state index is 0.666. The number of para-hydroxylation sites is 1. The minimum atomic E-state index is 0.666. The monoisotopic (exact) mass is 635 g/mol. The van der Waals surface area contributed by atoms with E-state index in [0.29, 0.717) is 11.4 Å². The molecule has 1 aromatic heterocycles. The van der Waals surface area contributed by atoms with E-state index in [4.69, 9.17) is 15.2 Å². The van der Waals surface area contributed by atoms with Crippen LogP contribution >= 0.6 is 0 Å². The van der Waals surface area contributed by atoms with E-state index in [-0.39, 0.29) is 0 Å². The number of fused-ring (bicyclic) bond motifs is 3. The summed E-state index contributed by atoms with van der Waals surface area (Å²) in [7, 11) is 0. The zero-order valence-electron chi connectivity index (χ0n) is 27.1. The number of aromatic nitrogens is 2. The van der Waals surface area contributed by atoms with Crippen molar-refractivity contribution in [1.29, 1.82) is 5.26 Å². The number of rotatable bonds is 5. The summed E-state index contributed by atoms with van der Waals surface area (Å²) < 4.78 is 0. The van der Waals surface area contributed by atoms with Crippen molar-refractivity contribution < 1.29 is 0 Å². The molecule has 3 nitrogen and oxygen atoms in total.